The van der Waals surface area contributed by atoms with Gasteiger partial charge in [-0.25, -0.2) is 8.42 Å². The van der Waals surface area contributed by atoms with E-state index in [0.717, 1.165) is 11.5 Å². The SMILES string of the molecule is N#Cc1ccc(S(=O)(=O)N2CSCC2C(=O)N2CCSCC2)cc1. The van der Waals surface area contributed by atoms with E-state index in [9.17, 15) is 13.2 Å². The Morgan fingerprint density at radius 2 is 1.83 bits per heavy atom. The third-order valence-electron chi connectivity index (χ3n) is 4.04. The van der Waals surface area contributed by atoms with Crippen molar-refractivity contribution in [2.75, 3.05) is 36.2 Å². The molecule has 2 heterocycles. The van der Waals surface area contributed by atoms with Crippen LogP contribution in [0.1, 0.15) is 5.56 Å². The van der Waals surface area contributed by atoms with Crippen LogP contribution in [0.15, 0.2) is 29.2 Å². The van der Waals surface area contributed by atoms with Crippen molar-refractivity contribution in [1.82, 2.24) is 9.21 Å². The van der Waals surface area contributed by atoms with E-state index in [4.69, 9.17) is 5.26 Å². The van der Waals surface area contributed by atoms with Gasteiger partial charge in [0.1, 0.15) is 6.04 Å². The minimum Gasteiger partial charge on any atom is -0.340 e. The highest BCUT2D eigenvalue weighted by atomic mass is 32.2. The average Bonchev–Trinajstić information content (AvgIpc) is 3.12. The zero-order chi connectivity index (χ0) is 17.2. The first-order valence-corrected chi connectivity index (χ1v) is 11.3. The summed E-state index contributed by atoms with van der Waals surface area (Å²) < 4.78 is 27.1. The van der Waals surface area contributed by atoms with Crippen LogP contribution in [0.2, 0.25) is 0 Å². The van der Waals surface area contributed by atoms with Crippen molar-refractivity contribution < 1.29 is 13.2 Å². The molecule has 2 saturated heterocycles. The molecule has 0 bridgehead atoms. The zero-order valence-corrected chi connectivity index (χ0v) is 15.4. The van der Waals surface area contributed by atoms with E-state index in [1.165, 1.54) is 40.3 Å². The molecule has 2 fully saturated rings. The molecule has 24 heavy (non-hydrogen) atoms. The van der Waals surface area contributed by atoms with Crippen molar-refractivity contribution in [2.45, 2.75) is 10.9 Å². The standard InChI is InChI=1S/C15H17N3O3S3/c16-9-12-1-3-13(4-2-12)24(20,21)18-11-23-10-14(18)15(19)17-5-7-22-8-6-17/h1-4,14H,5-8,10-11H2. The van der Waals surface area contributed by atoms with Crippen LogP contribution in [0.4, 0.5) is 0 Å². The fourth-order valence-corrected chi connectivity index (χ4v) is 6.73. The molecule has 0 aromatic heterocycles. The predicted molar refractivity (Wildman–Crippen MR) is 95.2 cm³/mol. The van der Waals surface area contributed by atoms with Gasteiger partial charge in [0.05, 0.1) is 22.4 Å². The molecule has 9 heteroatoms. The second kappa shape index (κ2) is 7.35. The lowest BCUT2D eigenvalue weighted by atomic mass is 10.2. The summed E-state index contributed by atoms with van der Waals surface area (Å²) in [5.41, 5.74) is 0.406. The summed E-state index contributed by atoms with van der Waals surface area (Å²) in [6.07, 6.45) is 0. The number of hydrogen-bond donors (Lipinski definition) is 0. The number of amides is 1. The van der Waals surface area contributed by atoms with Gasteiger partial charge in [-0.3, -0.25) is 4.79 Å². The number of nitriles is 1. The first kappa shape index (κ1) is 17.6. The number of nitrogens with zero attached hydrogens (tertiary/aromatic N) is 3. The molecule has 1 aromatic rings. The topological polar surface area (TPSA) is 81.5 Å². The molecule has 0 radical (unpaired) electrons. The number of carbonyl (C=O) groups is 1. The van der Waals surface area contributed by atoms with Crippen LogP contribution in [0.5, 0.6) is 0 Å². The molecule has 3 rings (SSSR count). The van der Waals surface area contributed by atoms with Gasteiger partial charge in [-0.05, 0) is 24.3 Å². The maximum Gasteiger partial charge on any atom is 0.244 e. The van der Waals surface area contributed by atoms with Crippen molar-refractivity contribution in [3.8, 4) is 6.07 Å². The molecule has 6 nitrogen and oxygen atoms in total. The third kappa shape index (κ3) is 3.42. The minimum absolute atomic E-state index is 0.0995. The van der Waals surface area contributed by atoms with Gasteiger partial charge in [0.15, 0.2) is 0 Å². The van der Waals surface area contributed by atoms with Gasteiger partial charge in [0.25, 0.3) is 0 Å². The predicted octanol–water partition coefficient (Wildman–Crippen LogP) is 1.20. The molecular formula is C15H17N3O3S3. The van der Waals surface area contributed by atoms with E-state index in [2.05, 4.69) is 0 Å². The van der Waals surface area contributed by atoms with Gasteiger partial charge in [-0.2, -0.15) is 21.3 Å². The Bertz CT molecular complexity index is 752. The monoisotopic (exact) mass is 383 g/mol. The quantitative estimate of drug-likeness (QED) is 0.780. The number of rotatable bonds is 3. The fourth-order valence-electron chi connectivity index (χ4n) is 2.69. The van der Waals surface area contributed by atoms with Crippen LogP contribution >= 0.6 is 23.5 Å². The summed E-state index contributed by atoms with van der Waals surface area (Å²) in [5, 5.41) is 8.84. The number of sulfonamides is 1. The van der Waals surface area contributed by atoms with E-state index in [1.807, 2.05) is 17.8 Å². The van der Waals surface area contributed by atoms with E-state index >= 15 is 0 Å². The lowest BCUT2D eigenvalue weighted by Gasteiger charge is -2.31. The number of thioether (sulfide) groups is 2. The van der Waals surface area contributed by atoms with E-state index in [0.29, 0.717) is 24.4 Å². The lowest BCUT2D eigenvalue weighted by molar-refractivity contribution is -0.133. The molecule has 1 amide bonds. The summed E-state index contributed by atoms with van der Waals surface area (Å²) in [6.45, 7) is 1.35. The Labute approximate surface area is 150 Å². The highest BCUT2D eigenvalue weighted by Crippen LogP contribution is 2.30. The normalized spacial score (nSPS) is 22.3. The van der Waals surface area contributed by atoms with Gasteiger partial charge in [-0.15, -0.1) is 11.8 Å². The summed E-state index contributed by atoms with van der Waals surface area (Å²) in [7, 11) is -3.75. The Balaban J connectivity index is 1.83. The van der Waals surface area contributed by atoms with Crippen molar-refractivity contribution in [3.05, 3.63) is 29.8 Å². The lowest BCUT2D eigenvalue weighted by Crippen LogP contribution is -2.51. The Hall–Kier alpha value is -1.21. The van der Waals surface area contributed by atoms with E-state index in [1.54, 1.807) is 4.90 Å². The van der Waals surface area contributed by atoms with Gasteiger partial charge in [-0.1, -0.05) is 0 Å². The largest absolute Gasteiger partial charge is 0.340 e. The first-order chi connectivity index (χ1) is 11.5. The van der Waals surface area contributed by atoms with Crippen LogP contribution in [-0.2, 0) is 14.8 Å². The number of hydrogen-bond acceptors (Lipinski definition) is 6. The fraction of sp³-hybridized carbons (Fsp3) is 0.467. The van der Waals surface area contributed by atoms with Crippen LogP contribution in [0, 0.1) is 11.3 Å². The highest BCUT2D eigenvalue weighted by molar-refractivity contribution is 8.00. The molecule has 128 valence electrons. The number of carbonyl (C=O) groups excluding carboxylic acids is 1. The molecule has 0 N–H and O–H groups in total. The smallest absolute Gasteiger partial charge is 0.244 e. The van der Waals surface area contributed by atoms with Crippen molar-refractivity contribution >= 4 is 39.5 Å². The molecule has 0 spiro atoms. The van der Waals surface area contributed by atoms with Gasteiger partial charge >= 0.3 is 0 Å². The van der Waals surface area contributed by atoms with Gasteiger partial charge < -0.3 is 4.90 Å². The van der Waals surface area contributed by atoms with E-state index in [-0.39, 0.29) is 16.7 Å². The number of benzene rings is 1. The van der Waals surface area contributed by atoms with Gasteiger partial charge in [0, 0.05) is 30.3 Å². The first-order valence-electron chi connectivity index (χ1n) is 7.50. The van der Waals surface area contributed by atoms with Crippen LogP contribution in [0.25, 0.3) is 0 Å². The molecule has 1 aromatic carbocycles. The minimum atomic E-state index is -3.75. The second-order valence-corrected chi connectivity index (χ2v) is 9.60. The summed E-state index contributed by atoms with van der Waals surface area (Å²) in [5.74, 6) is 2.46. The van der Waals surface area contributed by atoms with Crippen LogP contribution in [0.3, 0.4) is 0 Å². The van der Waals surface area contributed by atoms with Gasteiger partial charge in [0.2, 0.25) is 15.9 Å². The molecule has 0 saturated carbocycles. The molecular weight excluding hydrogens is 366 g/mol. The van der Waals surface area contributed by atoms with Crippen molar-refractivity contribution in [2.24, 2.45) is 0 Å². The average molecular weight is 384 g/mol. The van der Waals surface area contributed by atoms with Crippen LogP contribution in [-0.4, -0.2) is 65.8 Å². The highest BCUT2D eigenvalue weighted by Gasteiger charge is 2.41. The summed E-state index contributed by atoms with van der Waals surface area (Å²) >= 11 is 3.26. The molecule has 0 aliphatic carbocycles. The molecule has 2 aliphatic rings. The Morgan fingerprint density at radius 1 is 1.17 bits per heavy atom. The maximum absolute atomic E-state index is 12.9. The zero-order valence-electron chi connectivity index (χ0n) is 12.9. The maximum atomic E-state index is 12.9. The second-order valence-electron chi connectivity index (χ2n) is 5.48. The van der Waals surface area contributed by atoms with Crippen LogP contribution < -0.4 is 0 Å². The Morgan fingerprint density at radius 3 is 2.46 bits per heavy atom. The molecule has 2 aliphatic heterocycles. The molecule has 1 atom stereocenters. The third-order valence-corrected chi connectivity index (χ3v) is 8.03. The van der Waals surface area contributed by atoms with E-state index < -0.39 is 16.1 Å². The summed E-state index contributed by atoms with van der Waals surface area (Å²) in [6, 6.07) is 7.14. The summed E-state index contributed by atoms with van der Waals surface area (Å²) in [4.78, 5) is 14.6. The molecule has 1 unspecified atom stereocenters. The Kier molecular flexibility index (Phi) is 5.39. The van der Waals surface area contributed by atoms with Crippen molar-refractivity contribution in [3.63, 3.8) is 0 Å². The van der Waals surface area contributed by atoms with Crippen molar-refractivity contribution in [1.29, 1.82) is 5.26 Å².